The maximum absolute atomic E-state index is 13.7. The molecular formula is C17H20FNO5S. The number of ketones is 1. The summed E-state index contributed by atoms with van der Waals surface area (Å²) in [5.74, 6) is -0.779. The van der Waals surface area contributed by atoms with E-state index < -0.39 is 11.8 Å². The molecule has 6 nitrogen and oxygen atoms in total. The lowest BCUT2D eigenvalue weighted by atomic mass is 10.0. The molecule has 1 N–H and O–H groups in total. The summed E-state index contributed by atoms with van der Waals surface area (Å²) < 4.78 is 18.5. The fourth-order valence-corrected chi connectivity index (χ4v) is 3.76. The fourth-order valence-electron chi connectivity index (χ4n) is 2.70. The fraction of sp³-hybridized carbons (Fsp3) is 0.471. The van der Waals surface area contributed by atoms with E-state index in [1.54, 1.807) is 16.7 Å². The van der Waals surface area contributed by atoms with Gasteiger partial charge in [0.25, 0.3) is 0 Å². The second kappa shape index (κ2) is 8.84. The van der Waals surface area contributed by atoms with E-state index >= 15 is 0 Å². The zero-order chi connectivity index (χ0) is 18.4. The second-order valence-corrected chi connectivity index (χ2v) is 6.84. The van der Waals surface area contributed by atoms with Gasteiger partial charge in [-0.1, -0.05) is 0 Å². The molecule has 1 amide bonds. The number of carboxylic acids is 1. The number of hydrogen-bond acceptors (Lipinski definition) is 5. The molecule has 1 aliphatic heterocycles. The predicted octanol–water partition coefficient (Wildman–Crippen LogP) is 2.22. The third kappa shape index (κ3) is 5.19. The molecule has 1 aromatic carbocycles. The summed E-state index contributed by atoms with van der Waals surface area (Å²) in [5.41, 5.74) is 0.183. The van der Waals surface area contributed by atoms with Gasteiger partial charge in [0.2, 0.25) is 5.91 Å². The zero-order valence-electron chi connectivity index (χ0n) is 13.9. The average molecular weight is 369 g/mol. The van der Waals surface area contributed by atoms with Gasteiger partial charge in [-0.05, 0) is 18.2 Å². The van der Waals surface area contributed by atoms with Gasteiger partial charge in [0, 0.05) is 36.5 Å². The van der Waals surface area contributed by atoms with Crippen LogP contribution < -0.4 is 4.74 Å². The third-order valence-corrected chi connectivity index (χ3v) is 5.09. The number of methoxy groups -OCH3 is 1. The molecule has 0 spiro atoms. The third-order valence-electron chi connectivity index (χ3n) is 4.00. The van der Waals surface area contributed by atoms with Crippen molar-refractivity contribution < 1.29 is 28.6 Å². The number of amides is 1. The van der Waals surface area contributed by atoms with Gasteiger partial charge in [-0.3, -0.25) is 14.4 Å². The van der Waals surface area contributed by atoms with Crippen LogP contribution in [0.15, 0.2) is 18.2 Å². The monoisotopic (exact) mass is 369 g/mol. The first-order valence-corrected chi connectivity index (χ1v) is 9.03. The van der Waals surface area contributed by atoms with Crippen molar-refractivity contribution in [2.45, 2.75) is 25.3 Å². The van der Waals surface area contributed by atoms with Crippen LogP contribution in [0.5, 0.6) is 5.75 Å². The van der Waals surface area contributed by atoms with Crippen molar-refractivity contribution in [3.8, 4) is 5.75 Å². The minimum absolute atomic E-state index is 0.0206. The lowest BCUT2D eigenvalue weighted by Crippen LogP contribution is -2.47. The van der Waals surface area contributed by atoms with E-state index in [2.05, 4.69) is 0 Å². The van der Waals surface area contributed by atoms with E-state index in [1.165, 1.54) is 19.2 Å². The highest BCUT2D eigenvalue weighted by atomic mass is 32.2. The molecule has 0 aliphatic carbocycles. The highest BCUT2D eigenvalue weighted by Gasteiger charge is 2.28. The van der Waals surface area contributed by atoms with Crippen molar-refractivity contribution in [2.75, 3.05) is 25.2 Å². The Kier molecular flexibility index (Phi) is 6.81. The largest absolute Gasteiger partial charge is 0.494 e. The zero-order valence-corrected chi connectivity index (χ0v) is 14.7. The Labute approximate surface area is 149 Å². The summed E-state index contributed by atoms with van der Waals surface area (Å²) in [6.07, 6.45) is -0.169. The number of carbonyl (C=O) groups is 3. The number of rotatable bonds is 7. The van der Waals surface area contributed by atoms with Gasteiger partial charge in [0.15, 0.2) is 17.3 Å². The Morgan fingerprint density at radius 2 is 2.12 bits per heavy atom. The van der Waals surface area contributed by atoms with Crippen LogP contribution >= 0.6 is 11.8 Å². The molecule has 136 valence electrons. The van der Waals surface area contributed by atoms with Gasteiger partial charge in [0.05, 0.1) is 19.6 Å². The number of carboxylic acid groups (broad SMARTS) is 1. The van der Waals surface area contributed by atoms with E-state index in [1.807, 2.05) is 0 Å². The molecule has 1 unspecified atom stereocenters. The van der Waals surface area contributed by atoms with E-state index in [-0.39, 0.29) is 48.3 Å². The van der Waals surface area contributed by atoms with Crippen LogP contribution in [0.4, 0.5) is 4.39 Å². The Morgan fingerprint density at radius 3 is 2.76 bits per heavy atom. The van der Waals surface area contributed by atoms with E-state index in [4.69, 9.17) is 9.84 Å². The van der Waals surface area contributed by atoms with Crippen molar-refractivity contribution in [1.82, 2.24) is 4.90 Å². The van der Waals surface area contributed by atoms with Gasteiger partial charge in [-0.25, -0.2) is 4.39 Å². The van der Waals surface area contributed by atoms with E-state index in [9.17, 15) is 18.8 Å². The van der Waals surface area contributed by atoms with Crippen LogP contribution in [0, 0.1) is 5.82 Å². The molecule has 0 bridgehead atoms. The summed E-state index contributed by atoms with van der Waals surface area (Å²) in [6, 6.07) is 3.57. The molecule has 1 atom stereocenters. The van der Waals surface area contributed by atoms with Gasteiger partial charge < -0.3 is 14.7 Å². The Balaban J connectivity index is 1.94. The van der Waals surface area contributed by atoms with Crippen molar-refractivity contribution >= 4 is 29.4 Å². The van der Waals surface area contributed by atoms with Crippen LogP contribution in [-0.4, -0.2) is 58.9 Å². The summed E-state index contributed by atoms with van der Waals surface area (Å²) in [7, 11) is 1.34. The topological polar surface area (TPSA) is 83.9 Å². The standard InChI is InChI=1S/C17H20FNO5S/c1-24-15-4-2-11(8-13(15)18)14(20)3-5-16(21)19-6-7-25-10-12(19)9-17(22)23/h2,4,8,12H,3,5-7,9-10H2,1H3,(H,22,23). The molecule has 0 saturated carbocycles. The van der Waals surface area contributed by atoms with Crippen LogP contribution in [0.1, 0.15) is 29.6 Å². The Bertz CT molecular complexity index is 666. The van der Waals surface area contributed by atoms with Crippen molar-refractivity contribution in [3.05, 3.63) is 29.6 Å². The maximum Gasteiger partial charge on any atom is 0.305 e. The van der Waals surface area contributed by atoms with E-state index in [0.717, 1.165) is 11.8 Å². The van der Waals surface area contributed by atoms with Crippen LogP contribution in [0.3, 0.4) is 0 Å². The molecule has 1 aromatic rings. The number of Topliss-reactive ketones (excluding diaryl/α,β-unsaturated/α-hetero) is 1. The lowest BCUT2D eigenvalue weighted by molar-refractivity contribution is -0.140. The van der Waals surface area contributed by atoms with Gasteiger partial charge in [0.1, 0.15) is 0 Å². The molecule has 25 heavy (non-hydrogen) atoms. The predicted molar refractivity (Wildman–Crippen MR) is 91.6 cm³/mol. The molecule has 2 rings (SSSR count). The minimum atomic E-state index is -0.949. The van der Waals surface area contributed by atoms with Gasteiger partial charge in [-0.15, -0.1) is 0 Å². The van der Waals surface area contributed by atoms with Crippen LogP contribution in [0.2, 0.25) is 0 Å². The number of ether oxygens (including phenoxy) is 1. The SMILES string of the molecule is COc1ccc(C(=O)CCC(=O)N2CCSCC2CC(=O)O)cc1F. The highest BCUT2D eigenvalue weighted by molar-refractivity contribution is 7.99. The summed E-state index contributed by atoms with van der Waals surface area (Å²) in [4.78, 5) is 37.0. The smallest absolute Gasteiger partial charge is 0.305 e. The molecular weight excluding hydrogens is 349 g/mol. The molecule has 1 fully saturated rings. The van der Waals surface area contributed by atoms with Crippen LogP contribution in [-0.2, 0) is 9.59 Å². The summed E-state index contributed by atoms with van der Waals surface area (Å²) in [5, 5.41) is 8.95. The molecule has 1 saturated heterocycles. The van der Waals surface area contributed by atoms with Crippen molar-refractivity contribution in [2.24, 2.45) is 0 Å². The second-order valence-electron chi connectivity index (χ2n) is 5.69. The van der Waals surface area contributed by atoms with Gasteiger partial charge >= 0.3 is 5.97 Å². The Hall–Kier alpha value is -2.09. The maximum atomic E-state index is 13.7. The Morgan fingerprint density at radius 1 is 1.36 bits per heavy atom. The number of carbonyl (C=O) groups excluding carboxylic acids is 2. The number of hydrogen-bond donors (Lipinski definition) is 1. The lowest BCUT2D eigenvalue weighted by Gasteiger charge is -2.34. The summed E-state index contributed by atoms with van der Waals surface area (Å²) >= 11 is 1.61. The number of halogens is 1. The highest BCUT2D eigenvalue weighted by Crippen LogP contribution is 2.22. The number of thioether (sulfide) groups is 1. The van der Waals surface area contributed by atoms with Crippen molar-refractivity contribution in [3.63, 3.8) is 0 Å². The van der Waals surface area contributed by atoms with E-state index in [0.29, 0.717) is 12.3 Å². The summed E-state index contributed by atoms with van der Waals surface area (Å²) in [6.45, 7) is 0.479. The molecule has 8 heteroatoms. The number of aliphatic carboxylic acids is 1. The first kappa shape index (κ1) is 19.2. The first-order chi connectivity index (χ1) is 11.9. The van der Waals surface area contributed by atoms with Gasteiger partial charge in [-0.2, -0.15) is 11.8 Å². The van der Waals surface area contributed by atoms with Crippen molar-refractivity contribution in [1.29, 1.82) is 0 Å². The minimum Gasteiger partial charge on any atom is -0.494 e. The molecule has 0 aromatic heterocycles. The molecule has 1 aliphatic rings. The molecule has 0 radical (unpaired) electrons. The quantitative estimate of drug-likeness (QED) is 0.742. The number of benzene rings is 1. The normalized spacial score (nSPS) is 17.2. The first-order valence-electron chi connectivity index (χ1n) is 7.88. The van der Waals surface area contributed by atoms with Crippen LogP contribution in [0.25, 0.3) is 0 Å². The molecule has 1 heterocycles. The average Bonchev–Trinajstić information content (AvgIpc) is 2.59. The number of nitrogens with zero attached hydrogens (tertiary/aromatic N) is 1.